The summed E-state index contributed by atoms with van der Waals surface area (Å²) < 4.78 is 5.56. The molecule has 0 aromatic heterocycles. The Labute approximate surface area is 122 Å². The van der Waals surface area contributed by atoms with Gasteiger partial charge in [0.15, 0.2) is 0 Å². The van der Waals surface area contributed by atoms with E-state index in [9.17, 15) is 0 Å². The molecule has 1 aliphatic carbocycles. The molecule has 110 valence electrons. The molecule has 0 radical (unpaired) electrons. The lowest BCUT2D eigenvalue weighted by molar-refractivity contribution is -0.0354. The molecule has 1 N–H and O–H groups in total. The van der Waals surface area contributed by atoms with Crippen LogP contribution >= 0.6 is 0 Å². The van der Waals surface area contributed by atoms with Crippen molar-refractivity contribution in [3.8, 4) is 0 Å². The molecule has 3 rings (SSSR count). The maximum absolute atomic E-state index is 5.56. The van der Waals surface area contributed by atoms with Gasteiger partial charge in [0, 0.05) is 18.6 Å². The third-order valence-electron chi connectivity index (χ3n) is 5.07. The Hall–Kier alpha value is -0.900. The predicted molar refractivity (Wildman–Crippen MR) is 81.8 cm³/mol. The Balaban J connectivity index is 1.91. The number of rotatable bonds is 4. The zero-order chi connectivity index (χ0) is 13.8. The Morgan fingerprint density at radius 1 is 1.10 bits per heavy atom. The van der Waals surface area contributed by atoms with Crippen LogP contribution in [0.25, 0.3) is 0 Å². The fraction of sp³-hybridized carbons (Fsp3) is 0.647. The lowest BCUT2D eigenvalue weighted by Gasteiger charge is -2.48. The minimum atomic E-state index is 0.278. The first-order valence-electron chi connectivity index (χ1n) is 7.92. The largest absolute Gasteiger partial charge is 0.379 e. The second-order valence-electron chi connectivity index (χ2n) is 6.04. The molecule has 2 aliphatic rings. The van der Waals surface area contributed by atoms with Crippen molar-refractivity contribution in [1.29, 1.82) is 0 Å². The maximum Gasteiger partial charge on any atom is 0.0594 e. The highest BCUT2D eigenvalue weighted by Crippen LogP contribution is 2.44. The smallest absolute Gasteiger partial charge is 0.0594 e. The summed E-state index contributed by atoms with van der Waals surface area (Å²) in [5, 5.41) is 3.62. The van der Waals surface area contributed by atoms with Crippen LogP contribution in [-0.4, -0.2) is 43.8 Å². The van der Waals surface area contributed by atoms with Gasteiger partial charge in [-0.15, -0.1) is 0 Å². The van der Waals surface area contributed by atoms with Crippen LogP contribution in [0.3, 0.4) is 0 Å². The highest BCUT2D eigenvalue weighted by Gasteiger charge is 2.46. The van der Waals surface area contributed by atoms with Crippen LogP contribution in [0, 0.1) is 0 Å². The Morgan fingerprint density at radius 2 is 1.75 bits per heavy atom. The van der Waals surface area contributed by atoms with E-state index < -0.39 is 0 Å². The molecule has 1 saturated heterocycles. The molecule has 1 heterocycles. The van der Waals surface area contributed by atoms with Gasteiger partial charge in [0.1, 0.15) is 0 Å². The van der Waals surface area contributed by atoms with E-state index in [1.165, 1.54) is 31.2 Å². The van der Waals surface area contributed by atoms with Crippen molar-refractivity contribution in [2.75, 3.05) is 33.4 Å². The molecule has 1 aliphatic heterocycles. The van der Waals surface area contributed by atoms with E-state index in [1.807, 2.05) is 0 Å². The van der Waals surface area contributed by atoms with E-state index in [0.717, 1.165) is 26.3 Å². The van der Waals surface area contributed by atoms with Crippen molar-refractivity contribution >= 4 is 0 Å². The van der Waals surface area contributed by atoms with E-state index in [-0.39, 0.29) is 5.54 Å². The SMILES string of the molecule is CNC(c1ccccc1)C1(N2CCOCC2)CCCC1. The molecule has 20 heavy (non-hydrogen) atoms. The minimum absolute atomic E-state index is 0.278. The number of likely N-dealkylation sites (N-methyl/N-ethyl adjacent to an activating group) is 1. The Bertz CT molecular complexity index is 408. The summed E-state index contributed by atoms with van der Waals surface area (Å²) >= 11 is 0. The van der Waals surface area contributed by atoms with Gasteiger partial charge >= 0.3 is 0 Å². The van der Waals surface area contributed by atoms with Gasteiger partial charge in [0.25, 0.3) is 0 Å². The van der Waals surface area contributed by atoms with E-state index >= 15 is 0 Å². The van der Waals surface area contributed by atoms with Crippen LogP contribution in [0.15, 0.2) is 30.3 Å². The number of hydrogen-bond donors (Lipinski definition) is 1. The van der Waals surface area contributed by atoms with Crippen LogP contribution in [-0.2, 0) is 4.74 Å². The maximum atomic E-state index is 5.56. The van der Waals surface area contributed by atoms with Gasteiger partial charge in [0.2, 0.25) is 0 Å². The van der Waals surface area contributed by atoms with Crippen molar-refractivity contribution in [3.63, 3.8) is 0 Å². The number of nitrogens with one attached hydrogen (secondary N) is 1. The molecule has 0 bridgehead atoms. The quantitative estimate of drug-likeness (QED) is 0.913. The van der Waals surface area contributed by atoms with Gasteiger partial charge in [-0.2, -0.15) is 0 Å². The monoisotopic (exact) mass is 274 g/mol. The standard InChI is InChI=1S/C17H26N2O/c1-18-16(15-7-3-2-4-8-15)17(9-5-6-10-17)19-11-13-20-14-12-19/h2-4,7-8,16,18H,5-6,9-14H2,1H3. The van der Waals surface area contributed by atoms with E-state index in [1.54, 1.807) is 0 Å². The predicted octanol–water partition coefficient (Wildman–Crippen LogP) is 2.59. The highest BCUT2D eigenvalue weighted by molar-refractivity contribution is 5.24. The number of ether oxygens (including phenoxy) is 1. The molecule has 3 nitrogen and oxygen atoms in total. The van der Waals surface area contributed by atoms with E-state index in [4.69, 9.17) is 4.74 Å². The molecule has 1 aromatic carbocycles. The second kappa shape index (κ2) is 6.25. The topological polar surface area (TPSA) is 24.5 Å². The summed E-state index contributed by atoms with van der Waals surface area (Å²) in [5.74, 6) is 0. The summed E-state index contributed by atoms with van der Waals surface area (Å²) in [6.45, 7) is 3.91. The fourth-order valence-electron chi connectivity index (χ4n) is 4.17. The summed E-state index contributed by atoms with van der Waals surface area (Å²) in [6, 6.07) is 11.4. The molecular weight excluding hydrogens is 248 g/mol. The first-order chi connectivity index (χ1) is 9.87. The zero-order valence-corrected chi connectivity index (χ0v) is 12.5. The lowest BCUT2D eigenvalue weighted by Crippen LogP contribution is -2.57. The molecule has 1 saturated carbocycles. The number of hydrogen-bond acceptors (Lipinski definition) is 3. The Kier molecular flexibility index (Phi) is 4.39. The van der Waals surface area contributed by atoms with Gasteiger partial charge in [-0.3, -0.25) is 4.90 Å². The van der Waals surface area contributed by atoms with Crippen molar-refractivity contribution < 1.29 is 4.74 Å². The molecule has 3 heteroatoms. The summed E-state index contributed by atoms with van der Waals surface area (Å²) in [5.41, 5.74) is 1.70. The third kappa shape index (κ3) is 2.50. The lowest BCUT2D eigenvalue weighted by atomic mass is 9.81. The van der Waals surface area contributed by atoms with Crippen LogP contribution < -0.4 is 5.32 Å². The summed E-state index contributed by atoms with van der Waals surface area (Å²) in [7, 11) is 2.11. The number of benzene rings is 1. The molecule has 0 amide bonds. The van der Waals surface area contributed by atoms with Crippen molar-refractivity contribution in [1.82, 2.24) is 10.2 Å². The van der Waals surface area contributed by atoms with Crippen molar-refractivity contribution in [2.45, 2.75) is 37.3 Å². The van der Waals surface area contributed by atoms with Gasteiger partial charge in [-0.1, -0.05) is 43.2 Å². The molecule has 0 spiro atoms. The molecular formula is C17H26N2O. The molecule has 1 atom stereocenters. The van der Waals surface area contributed by atoms with E-state index in [2.05, 4.69) is 47.6 Å². The molecule has 1 aromatic rings. The van der Waals surface area contributed by atoms with Gasteiger partial charge in [-0.05, 0) is 25.5 Å². The number of nitrogens with zero attached hydrogens (tertiary/aromatic N) is 1. The summed E-state index contributed by atoms with van der Waals surface area (Å²) in [4.78, 5) is 2.69. The normalized spacial score (nSPS) is 24.6. The average molecular weight is 274 g/mol. The van der Waals surface area contributed by atoms with Crippen LogP contribution in [0.1, 0.15) is 37.3 Å². The third-order valence-corrected chi connectivity index (χ3v) is 5.07. The average Bonchev–Trinajstić information content (AvgIpc) is 3.01. The Morgan fingerprint density at radius 3 is 2.35 bits per heavy atom. The van der Waals surface area contributed by atoms with Crippen molar-refractivity contribution in [3.05, 3.63) is 35.9 Å². The van der Waals surface area contributed by atoms with Crippen molar-refractivity contribution in [2.24, 2.45) is 0 Å². The van der Waals surface area contributed by atoms with Gasteiger partial charge in [0.05, 0.1) is 19.3 Å². The molecule has 1 unspecified atom stereocenters. The van der Waals surface area contributed by atoms with Gasteiger partial charge in [-0.25, -0.2) is 0 Å². The molecule has 2 fully saturated rings. The van der Waals surface area contributed by atoms with E-state index in [0.29, 0.717) is 6.04 Å². The zero-order valence-electron chi connectivity index (χ0n) is 12.5. The van der Waals surface area contributed by atoms with Crippen LogP contribution in [0.4, 0.5) is 0 Å². The van der Waals surface area contributed by atoms with Gasteiger partial charge < -0.3 is 10.1 Å². The van der Waals surface area contributed by atoms with Crippen LogP contribution in [0.5, 0.6) is 0 Å². The number of morpholine rings is 1. The fourth-order valence-corrected chi connectivity index (χ4v) is 4.17. The first-order valence-corrected chi connectivity index (χ1v) is 7.92. The van der Waals surface area contributed by atoms with Crippen LogP contribution in [0.2, 0.25) is 0 Å². The highest BCUT2D eigenvalue weighted by atomic mass is 16.5. The minimum Gasteiger partial charge on any atom is -0.379 e. The second-order valence-corrected chi connectivity index (χ2v) is 6.04. The first kappa shape index (κ1) is 14.1. The summed E-state index contributed by atoms with van der Waals surface area (Å²) in [6.07, 6.45) is 5.30.